The average molecular weight is 182 g/mol. The maximum absolute atomic E-state index is 12.9. The van der Waals surface area contributed by atoms with Gasteiger partial charge in [-0.25, -0.2) is 9.38 Å². The molecular weight excluding hydrogens is 171 g/mol. The standard InChI is InChI=1S/C9H11FN2O/c1-6(13-2)12-7-3-4-9(11)8(10)5-7/h3-5H,11H2,1-2H3/b12-6-. The number of nitrogens with zero attached hydrogens (tertiary/aromatic N) is 1. The van der Waals surface area contributed by atoms with Crippen LogP contribution in [0.3, 0.4) is 0 Å². The molecule has 4 heteroatoms. The van der Waals surface area contributed by atoms with Crippen LogP contribution in [0, 0.1) is 5.82 Å². The van der Waals surface area contributed by atoms with Crippen LogP contribution in [0.1, 0.15) is 6.92 Å². The lowest BCUT2D eigenvalue weighted by atomic mass is 10.3. The molecule has 0 heterocycles. The lowest BCUT2D eigenvalue weighted by molar-refractivity contribution is 0.400. The molecule has 2 N–H and O–H groups in total. The number of nitrogen functional groups attached to an aromatic ring is 1. The first-order chi connectivity index (χ1) is 6.13. The summed E-state index contributed by atoms with van der Waals surface area (Å²) in [6, 6.07) is 4.36. The summed E-state index contributed by atoms with van der Waals surface area (Å²) >= 11 is 0. The fourth-order valence-electron chi connectivity index (χ4n) is 0.813. The zero-order valence-corrected chi connectivity index (χ0v) is 7.54. The normalized spacial score (nSPS) is 11.5. The van der Waals surface area contributed by atoms with Crippen molar-refractivity contribution in [3.63, 3.8) is 0 Å². The van der Waals surface area contributed by atoms with Gasteiger partial charge >= 0.3 is 0 Å². The van der Waals surface area contributed by atoms with E-state index in [2.05, 4.69) is 4.99 Å². The summed E-state index contributed by atoms with van der Waals surface area (Å²) < 4.78 is 17.7. The van der Waals surface area contributed by atoms with Gasteiger partial charge in [-0.15, -0.1) is 0 Å². The first-order valence-electron chi connectivity index (χ1n) is 3.78. The average Bonchev–Trinajstić information content (AvgIpc) is 2.11. The molecule has 0 bridgehead atoms. The van der Waals surface area contributed by atoms with E-state index in [0.29, 0.717) is 11.6 Å². The van der Waals surface area contributed by atoms with Crippen molar-refractivity contribution in [3.05, 3.63) is 24.0 Å². The summed E-state index contributed by atoms with van der Waals surface area (Å²) in [6.45, 7) is 1.69. The molecule has 13 heavy (non-hydrogen) atoms. The summed E-state index contributed by atoms with van der Waals surface area (Å²) in [5, 5.41) is 0. The largest absolute Gasteiger partial charge is 0.484 e. The van der Waals surface area contributed by atoms with Crippen molar-refractivity contribution in [2.24, 2.45) is 4.99 Å². The number of rotatable bonds is 1. The van der Waals surface area contributed by atoms with E-state index in [1.807, 2.05) is 0 Å². The van der Waals surface area contributed by atoms with E-state index in [1.54, 1.807) is 13.0 Å². The monoisotopic (exact) mass is 182 g/mol. The van der Waals surface area contributed by atoms with Crippen LogP contribution in [0.15, 0.2) is 23.2 Å². The molecule has 0 fully saturated rings. The van der Waals surface area contributed by atoms with E-state index in [4.69, 9.17) is 10.5 Å². The van der Waals surface area contributed by atoms with Crippen molar-refractivity contribution < 1.29 is 9.13 Å². The second-order valence-electron chi connectivity index (χ2n) is 2.54. The van der Waals surface area contributed by atoms with Gasteiger partial charge in [-0.05, 0) is 12.1 Å². The molecular formula is C9H11FN2O. The number of hydrogen-bond donors (Lipinski definition) is 1. The van der Waals surface area contributed by atoms with Gasteiger partial charge in [0.2, 0.25) is 0 Å². The quantitative estimate of drug-likeness (QED) is 0.410. The van der Waals surface area contributed by atoms with Gasteiger partial charge < -0.3 is 10.5 Å². The van der Waals surface area contributed by atoms with Gasteiger partial charge in [-0.3, -0.25) is 0 Å². The van der Waals surface area contributed by atoms with Crippen LogP contribution in [-0.2, 0) is 4.74 Å². The van der Waals surface area contributed by atoms with Crippen LogP contribution in [0.2, 0.25) is 0 Å². The van der Waals surface area contributed by atoms with E-state index in [0.717, 1.165) is 0 Å². The molecule has 0 unspecified atom stereocenters. The molecule has 1 aromatic rings. The molecule has 0 atom stereocenters. The van der Waals surface area contributed by atoms with E-state index in [-0.39, 0.29) is 5.69 Å². The first-order valence-corrected chi connectivity index (χ1v) is 3.78. The van der Waals surface area contributed by atoms with E-state index in [1.165, 1.54) is 19.2 Å². The second-order valence-corrected chi connectivity index (χ2v) is 2.54. The van der Waals surface area contributed by atoms with Crippen molar-refractivity contribution in [2.75, 3.05) is 12.8 Å². The highest BCUT2D eigenvalue weighted by atomic mass is 19.1. The molecule has 1 rings (SSSR count). The van der Waals surface area contributed by atoms with Gasteiger partial charge in [-0.2, -0.15) is 0 Å². The highest BCUT2D eigenvalue weighted by Gasteiger charge is 1.98. The third kappa shape index (κ3) is 2.43. The topological polar surface area (TPSA) is 47.6 Å². The Kier molecular flexibility index (Phi) is 2.84. The summed E-state index contributed by atoms with van der Waals surface area (Å²) in [5.74, 6) is 0.00863. The lowest BCUT2D eigenvalue weighted by Gasteiger charge is -2.00. The third-order valence-corrected chi connectivity index (χ3v) is 1.57. The summed E-state index contributed by atoms with van der Waals surface area (Å²) in [6.07, 6.45) is 0. The van der Waals surface area contributed by atoms with Crippen LogP contribution in [0.4, 0.5) is 15.8 Å². The van der Waals surface area contributed by atoms with E-state index < -0.39 is 5.82 Å². The van der Waals surface area contributed by atoms with Gasteiger partial charge in [0.25, 0.3) is 0 Å². The fourth-order valence-corrected chi connectivity index (χ4v) is 0.813. The lowest BCUT2D eigenvalue weighted by Crippen LogP contribution is -1.93. The summed E-state index contributed by atoms with van der Waals surface area (Å²) in [5.41, 5.74) is 5.91. The number of ether oxygens (including phenoxy) is 1. The Morgan fingerprint density at radius 1 is 1.54 bits per heavy atom. The molecule has 0 amide bonds. The number of hydrogen-bond acceptors (Lipinski definition) is 3. The molecule has 0 spiro atoms. The van der Waals surface area contributed by atoms with E-state index in [9.17, 15) is 4.39 Å². The molecule has 0 aromatic heterocycles. The Balaban J connectivity index is 2.98. The van der Waals surface area contributed by atoms with Crippen LogP contribution in [0.5, 0.6) is 0 Å². The number of methoxy groups -OCH3 is 1. The number of benzene rings is 1. The molecule has 1 aromatic carbocycles. The van der Waals surface area contributed by atoms with Crippen molar-refractivity contribution >= 4 is 17.3 Å². The second kappa shape index (κ2) is 3.89. The SMILES string of the molecule is CO/C(C)=N\c1ccc(N)c(F)c1. The fraction of sp³-hybridized carbons (Fsp3) is 0.222. The molecule has 0 saturated heterocycles. The number of halogens is 1. The van der Waals surface area contributed by atoms with Gasteiger partial charge in [0.15, 0.2) is 5.90 Å². The van der Waals surface area contributed by atoms with Crippen LogP contribution in [-0.4, -0.2) is 13.0 Å². The Hall–Kier alpha value is -1.58. The van der Waals surface area contributed by atoms with Crippen LogP contribution >= 0.6 is 0 Å². The molecule has 3 nitrogen and oxygen atoms in total. The Labute approximate surface area is 76.0 Å². The number of nitrogens with two attached hydrogens (primary N) is 1. The van der Waals surface area contributed by atoms with Crippen molar-refractivity contribution in [1.82, 2.24) is 0 Å². The van der Waals surface area contributed by atoms with Gasteiger partial charge in [0.1, 0.15) is 5.82 Å². The zero-order valence-electron chi connectivity index (χ0n) is 7.54. The zero-order chi connectivity index (χ0) is 9.84. The number of anilines is 1. The minimum absolute atomic E-state index is 0.119. The van der Waals surface area contributed by atoms with Crippen LogP contribution < -0.4 is 5.73 Å². The molecule has 0 aliphatic rings. The minimum atomic E-state index is -0.467. The predicted molar refractivity (Wildman–Crippen MR) is 50.6 cm³/mol. The van der Waals surface area contributed by atoms with Crippen molar-refractivity contribution in [2.45, 2.75) is 6.92 Å². The Morgan fingerprint density at radius 2 is 2.23 bits per heavy atom. The summed E-state index contributed by atoms with van der Waals surface area (Å²) in [4.78, 5) is 3.98. The summed E-state index contributed by atoms with van der Waals surface area (Å²) in [7, 11) is 1.51. The minimum Gasteiger partial charge on any atom is -0.484 e. The Morgan fingerprint density at radius 3 is 2.77 bits per heavy atom. The smallest absolute Gasteiger partial charge is 0.184 e. The molecule has 0 aliphatic heterocycles. The van der Waals surface area contributed by atoms with Gasteiger partial charge in [-0.1, -0.05) is 0 Å². The van der Waals surface area contributed by atoms with Crippen molar-refractivity contribution in [1.29, 1.82) is 0 Å². The molecule has 70 valence electrons. The highest BCUT2D eigenvalue weighted by Crippen LogP contribution is 2.18. The van der Waals surface area contributed by atoms with E-state index >= 15 is 0 Å². The van der Waals surface area contributed by atoms with Gasteiger partial charge in [0.05, 0.1) is 18.5 Å². The highest BCUT2D eigenvalue weighted by molar-refractivity contribution is 5.76. The molecule has 0 aliphatic carbocycles. The third-order valence-electron chi connectivity index (χ3n) is 1.57. The number of aliphatic imine (C=N–C) groups is 1. The van der Waals surface area contributed by atoms with Crippen LogP contribution in [0.25, 0.3) is 0 Å². The maximum atomic E-state index is 12.9. The van der Waals surface area contributed by atoms with Gasteiger partial charge in [0, 0.05) is 13.0 Å². The predicted octanol–water partition coefficient (Wildman–Crippen LogP) is 2.10. The molecule has 0 radical (unpaired) electrons. The van der Waals surface area contributed by atoms with Crippen molar-refractivity contribution in [3.8, 4) is 0 Å². The maximum Gasteiger partial charge on any atom is 0.184 e. The first kappa shape index (κ1) is 9.51. The Bertz CT molecular complexity index is 336. The molecule has 0 saturated carbocycles.